The molecule has 130 valence electrons. The van der Waals surface area contributed by atoms with Crippen LogP contribution < -0.4 is 0 Å². The van der Waals surface area contributed by atoms with E-state index < -0.39 is 17.4 Å². The average molecular weight is 337 g/mol. The number of benzene rings is 1. The van der Waals surface area contributed by atoms with Crippen molar-refractivity contribution in [3.05, 3.63) is 65.0 Å². The second kappa shape index (κ2) is 7.45. The molecule has 0 fully saturated rings. The highest BCUT2D eigenvalue weighted by Gasteiger charge is 2.26. The molecule has 0 bridgehead atoms. The van der Waals surface area contributed by atoms with Crippen molar-refractivity contribution in [2.24, 2.45) is 0 Å². The molecule has 0 aliphatic heterocycles. The standard InChI is InChI=1S/C20H23N3O2/c1-14-6-5-11-22-17(14)12-23(4)18(19(24)25)15-7-9-16(10-8-15)20(2,3)13-21/h5-11,18H,12H2,1-4H3,(H,24,25)/t18-/m0/s1. The van der Waals surface area contributed by atoms with E-state index in [4.69, 9.17) is 0 Å². The third kappa shape index (κ3) is 4.23. The molecule has 2 aromatic rings. The van der Waals surface area contributed by atoms with Gasteiger partial charge in [-0.3, -0.25) is 14.7 Å². The highest BCUT2D eigenvalue weighted by Crippen LogP contribution is 2.27. The molecule has 0 radical (unpaired) electrons. The number of aliphatic carboxylic acids is 1. The molecule has 0 aliphatic carbocycles. The van der Waals surface area contributed by atoms with Crippen molar-refractivity contribution in [1.29, 1.82) is 5.26 Å². The summed E-state index contributed by atoms with van der Waals surface area (Å²) in [4.78, 5) is 17.9. The lowest BCUT2D eigenvalue weighted by atomic mass is 9.85. The Kier molecular flexibility index (Phi) is 5.55. The van der Waals surface area contributed by atoms with Gasteiger partial charge in [-0.25, -0.2) is 0 Å². The third-order valence-electron chi connectivity index (χ3n) is 4.42. The number of pyridine rings is 1. The number of nitrogens with zero attached hydrogens (tertiary/aromatic N) is 3. The van der Waals surface area contributed by atoms with E-state index in [2.05, 4.69) is 11.1 Å². The van der Waals surface area contributed by atoms with Crippen molar-refractivity contribution in [1.82, 2.24) is 9.88 Å². The van der Waals surface area contributed by atoms with Crippen LogP contribution in [-0.2, 0) is 16.8 Å². The zero-order valence-corrected chi connectivity index (χ0v) is 15.0. The minimum atomic E-state index is -0.914. The first kappa shape index (κ1) is 18.6. The fourth-order valence-electron chi connectivity index (χ4n) is 2.74. The van der Waals surface area contributed by atoms with Crippen molar-refractivity contribution in [3.63, 3.8) is 0 Å². The average Bonchev–Trinajstić information content (AvgIpc) is 2.57. The maximum atomic E-state index is 11.8. The fourth-order valence-corrected chi connectivity index (χ4v) is 2.74. The Bertz CT molecular complexity index is 791. The van der Waals surface area contributed by atoms with Crippen LogP contribution in [0, 0.1) is 18.3 Å². The Labute approximate surface area is 148 Å². The summed E-state index contributed by atoms with van der Waals surface area (Å²) in [6.45, 7) is 6.08. The van der Waals surface area contributed by atoms with Gasteiger partial charge in [0, 0.05) is 12.7 Å². The largest absolute Gasteiger partial charge is 0.480 e. The van der Waals surface area contributed by atoms with Gasteiger partial charge in [-0.2, -0.15) is 5.26 Å². The highest BCUT2D eigenvalue weighted by molar-refractivity contribution is 5.75. The van der Waals surface area contributed by atoms with E-state index in [1.165, 1.54) is 0 Å². The number of likely N-dealkylation sites (N-methyl/N-ethyl adjacent to an activating group) is 1. The first-order chi connectivity index (χ1) is 11.8. The number of nitriles is 1. The Morgan fingerprint density at radius 1 is 1.32 bits per heavy atom. The minimum absolute atomic E-state index is 0.440. The number of carboxylic acid groups (broad SMARTS) is 1. The van der Waals surface area contributed by atoms with E-state index in [-0.39, 0.29) is 0 Å². The fraction of sp³-hybridized carbons (Fsp3) is 0.350. The van der Waals surface area contributed by atoms with Crippen LogP contribution >= 0.6 is 0 Å². The lowest BCUT2D eigenvalue weighted by Gasteiger charge is -2.26. The van der Waals surface area contributed by atoms with Crippen LogP contribution in [0.3, 0.4) is 0 Å². The molecule has 1 aromatic heterocycles. The van der Waals surface area contributed by atoms with Gasteiger partial charge < -0.3 is 5.11 Å². The summed E-state index contributed by atoms with van der Waals surface area (Å²) in [6, 6.07) is 12.5. The maximum Gasteiger partial charge on any atom is 0.325 e. The third-order valence-corrected chi connectivity index (χ3v) is 4.42. The molecule has 5 heteroatoms. The molecule has 0 aliphatic rings. The van der Waals surface area contributed by atoms with Crippen LogP contribution in [0.2, 0.25) is 0 Å². The van der Waals surface area contributed by atoms with E-state index in [1.54, 1.807) is 30.3 Å². The van der Waals surface area contributed by atoms with Gasteiger partial charge in [0.05, 0.1) is 17.2 Å². The van der Waals surface area contributed by atoms with E-state index in [0.29, 0.717) is 12.1 Å². The van der Waals surface area contributed by atoms with E-state index in [0.717, 1.165) is 16.8 Å². The van der Waals surface area contributed by atoms with Crippen LogP contribution in [0.4, 0.5) is 0 Å². The molecule has 1 N–H and O–H groups in total. The lowest BCUT2D eigenvalue weighted by molar-refractivity contribution is -0.143. The number of hydrogen-bond acceptors (Lipinski definition) is 4. The molecule has 5 nitrogen and oxygen atoms in total. The van der Waals surface area contributed by atoms with Crippen LogP contribution in [0.1, 0.15) is 42.3 Å². The second-order valence-electron chi connectivity index (χ2n) is 6.78. The second-order valence-corrected chi connectivity index (χ2v) is 6.78. The molecule has 0 saturated heterocycles. The number of rotatable bonds is 6. The van der Waals surface area contributed by atoms with Gasteiger partial charge in [0.15, 0.2) is 0 Å². The molecule has 1 heterocycles. The lowest BCUT2D eigenvalue weighted by Crippen LogP contribution is -2.31. The zero-order chi connectivity index (χ0) is 18.6. The Morgan fingerprint density at radius 3 is 2.48 bits per heavy atom. The van der Waals surface area contributed by atoms with Crippen molar-refractivity contribution in [2.45, 2.75) is 38.8 Å². The van der Waals surface area contributed by atoms with Crippen LogP contribution in [0.25, 0.3) is 0 Å². The highest BCUT2D eigenvalue weighted by atomic mass is 16.4. The van der Waals surface area contributed by atoms with Gasteiger partial charge in [0.2, 0.25) is 0 Å². The summed E-state index contributed by atoms with van der Waals surface area (Å²) in [5.74, 6) is -0.914. The van der Waals surface area contributed by atoms with E-state index in [9.17, 15) is 15.2 Å². The first-order valence-electron chi connectivity index (χ1n) is 8.11. The van der Waals surface area contributed by atoms with Gasteiger partial charge in [-0.15, -0.1) is 0 Å². The van der Waals surface area contributed by atoms with Crippen molar-refractivity contribution >= 4 is 5.97 Å². The summed E-state index contributed by atoms with van der Waals surface area (Å²) in [7, 11) is 1.78. The van der Waals surface area contributed by atoms with Gasteiger partial charge in [0.1, 0.15) is 6.04 Å². The molecule has 1 aromatic carbocycles. The van der Waals surface area contributed by atoms with Gasteiger partial charge in [0.25, 0.3) is 0 Å². The van der Waals surface area contributed by atoms with E-state index >= 15 is 0 Å². The van der Waals surface area contributed by atoms with Crippen molar-refractivity contribution < 1.29 is 9.90 Å². The predicted molar refractivity (Wildman–Crippen MR) is 95.9 cm³/mol. The first-order valence-corrected chi connectivity index (χ1v) is 8.11. The minimum Gasteiger partial charge on any atom is -0.480 e. The molecule has 2 rings (SSSR count). The van der Waals surface area contributed by atoms with Crippen molar-refractivity contribution in [3.8, 4) is 6.07 Å². The Morgan fingerprint density at radius 2 is 1.96 bits per heavy atom. The van der Waals surface area contributed by atoms with Gasteiger partial charge in [-0.05, 0) is 50.6 Å². The Hall–Kier alpha value is -2.71. The molecule has 0 saturated carbocycles. The molecular weight excluding hydrogens is 314 g/mol. The quantitative estimate of drug-likeness (QED) is 0.873. The summed E-state index contributed by atoms with van der Waals surface area (Å²) < 4.78 is 0. The molecule has 25 heavy (non-hydrogen) atoms. The van der Waals surface area contributed by atoms with Crippen LogP contribution in [0.5, 0.6) is 0 Å². The zero-order valence-electron chi connectivity index (χ0n) is 15.0. The van der Waals surface area contributed by atoms with Gasteiger partial charge in [-0.1, -0.05) is 30.3 Å². The molecule has 0 amide bonds. The van der Waals surface area contributed by atoms with Gasteiger partial charge >= 0.3 is 5.97 Å². The van der Waals surface area contributed by atoms with Crippen LogP contribution in [-0.4, -0.2) is 28.0 Å². The van der Waals surface area contributed by atoms with Crippen molar-refractivity contribution in [2.75, 3.05) is 7.05 Å². The topological polar surface area (TPSA) is 77.2 Å². The Balaban J connectivity index is 2.28. The number of aromatic nitrogens is 1. The molecule has 0 spiro atoms. The maximum absolute atomic E-state index is 11.8. The number of carboxylic acids is 1. The normalized spacial score (nSPS) is 12.6. The smallest absolute Gasteiger partial charge is 0.325 e. The van der Waals surface area contributed by atoms with Crippen LogP contribution in [0.15, 0.2) is 42.6 Å². The monoisotopic (exact) mass is 337 g/mol. The molecule has 1 atom stereocenters. The summed E-state index contributed by atoms with van der Waals surface area (Å²) in [5.41, 5.74) is 2.84. The predicted octanol–water partition coefficient (Wildman–Crippen LogP) is 3.45. The number of hydrogen-bond donors (Lipinski definition) is 1. The molecular formula is C20H23N3O2. The SMILES string of the molecule is Cc1cccnc1CN(C)[C@H](C(=O)O)c1ccc(C(C)(C)C#N)cc1. The summed E-state index contributed by atoms with van der Waals surface area (Å²) in [5, 5.41) is 18.9. The summed E-state index contributed by atoms with van der Waals surface area (Å²) >= 11 is 0. The summed E-state index contributed by atoms with van der Waals surface area (Å²) in [6.07, 6.45) is 1.71. The number of carbonyl (C=O) groups is 1. The van der Waals surface area contributed by atoms with E-state index in [1.807, 2.05) is 45.0 Å². The number of aryl methyl sites for hydroxylation is 1. The molecule has 0 unspecified atom stereocenters.